The van der Waals surface area contributed by atoms with Crippen LogP contribution in [0.4, 0.5) is 5.13 Å². The van der Waals surface area contributed by atoms with E-state index in [1.54, 1.807) is 0 Å². The summed E-state index contributed by atoms with van der Waals surface area (Å²) in [6, 6.07) is 17.4. The van der Waals surface area contributed by atoms with E-state index in [0.29, 0.717) is 16.6 Å². The molecule has 2 aromatic heterocycles. The summed E-state index contributed by atoms with van der Waals surface area (Å²) in [7, 11) is 0. The molecule has 1 aliphatic rings. The Morgan fingerprint density at radius 3 is 2.62 bits per heavy atom. The van der Waals surface area contributed by atoms with E-state index in [4.69, 9.17) is 9.72 Å². The van der Waals surface area contributed by atoms with E-state index in [2.05, 4.69) is 31.1 Å². The van der Waals surface area contributed by atoms with Crippen molar-refractivity contribution in [3.8, 4) is 11.3 Å². The second-order valence-electron chi connectivity index (χ2n) is 10.2. The van der Waals surface area contributed by atoms with Crippen LogP contribution in [0.5, 0.6) is 0 Å². The summed E-state index contributed by atoms with van der Waals surface area (Å²) in [5.74, 6) is -0.449. The minimum Gasteiger partial charge on any atom is -0.452 e. The lowest BCUT2D eigenvalue weighted by Gasteiger charge is -2.37. The molecule has 7 heteroatoms. The van der Waals surface area contributed by atoms with Crippen LogP contribution in [0.1, 0.15) is 55.2 Å². The van der Waals surface area contributed by atoms with Gasteiger partial charge in [-0.05, 0) is 42.2 Å². The zero-order valence-corrected chi connectivity index (χ0v) is 22.2. The van der Waals surface area contributed by atoms with Crippen molar-refractivity contribution < 1.29 is 14.3 Å². The average molecular weight is 514 g/mol. The summed E-state index contributed by atoms with van der Waals surface area (Å²) in [6.45, 7) is 6.42. The fourth-order valence-electron chi connectivity index (χ4n) is 5.01. The van der Waals surface area contributed by atoms with Crippen molar-refractivity contribution in [2.24, 2.45) is 11.3 Å². The highest BCUT2D eigenvalue weighted by atomic mass is 32.1. The van der Waals surface area contributed by atoms with Crippen molar-refractivity contribution in [1.82, 2.24) is 9.97 Å². The Labute approximate surface area is 221 Å². The first-order chi connectivity index (χ1) is 17.9. The molecule has 1 unspecified atom stereocenters. The first-order valence-electron chi connectivity index (χ1n) is 12.7. The molecule has 1 amide bonds. The molecule has 190 valence electrons. The number of ether oxygens (including phenoxy) is 1. The number of hydrogen-bond donors (Lipinski definition) is 1. The van der Waals surface area contributed by atoms with Gasteiger partial charge in [0.2, 0.25) is 0 Å². The third-order valence-electron chi connectivity index (χ3n) is 7.63. The van der Waals surface area contributed by atoms with Gasteiger partial charge in [0.1, 0.15) is 0 Å². The number of hydrogen-bond acceptors (Lipinski definition) is 6. The van der Waals surface area contributed by atoms with Gasteiger partial charge in [0, 0.05) is 22.0 Å². The molecule has 0 saturated heterocycles. The van der Waals surface area contributed by atoms with E-state index in [1.807, 2.05) is 60.0 Å². The summed E-state index contributed by atoms with van der Waals surface area (Å²) in [4.78, 5) is 35.5. The Kier molecular flexibility index (Phi) is 7.07. The number of anilines is 1. The highest BCUT2D eigenvalue weighted by Crippen LogP contribution is 2.41. The fourth-order valence-corrected chi connectivity index (χ4v) is 5.74. The number of aromatic nitrogens is 2. The number of benzene rings is 2. The number of nitrogens with one attached hydrogen (secondary N) is 1. The van der Waals surface area contributed by atoms with Gasteiger partial charge in [-0.1, -0.05) is 75.7 Å². The summed E-state index contributed by atoms with van der Waals surface area (Å²) >= 11 is 1.34. The van der Waals surface area contributed by atoms with E-state index >= 15 is 0 Å². The number of aryl methyl sites for hydroxylation is 1. The number of para-hydroxylation sites is 1. The predicted molar refractivity (Wildman–Crippen MR) is 148 cm³/mol. The quantitative estimate of drug-likeness (QED) is 0.278. The number of rotatable bonds is 7. The molecular weight excluding hydrogens is 482 g/mol. The molecule has 0 radical (unpaired) electrons. The van der Waals surface area contributed by atoms with Crippen molar-refractivity contribution >= 4 is 39.2 Å². The standard InChI is InChI=1S/C30H31N3O3S/c1-4-30(2,3)20-14-15-24-22(16-20)27(21-12-8-9-13-23(21)31-24)28(35)36-17-26(34)33-29-32-25(18-37-29)19-10-6-5-7-11-19/h5-13,18,20H,4,14-17H2,1-3H3,(H,32,33,34). The summed E-state index contributed by atoms with van der Waals surface area (Å²) in [5, 5.41) is 5.88. The Morgan fingerprint density at radius 1 is 1.08 bits per heavy atom. The molecule has 1 N–H and O–H groups in total. The van der Waals surface area contributed by atoms with Crippen molar-refractivity contribution in [3.05, 3.63) is 76.8 Å². The van der Waals surface area contributed by atoms with Gasteiger partial charge in [-0.25, -0.2) is 9.78 Å². The molecule has 0 bridgehead atoms. The number of pyridine rings is 1. The molecule has 6 nitrogen and oxygen atoms in total. The lowest BCUT2D eigenvalue weighted by atomic mass is 9.68. The SMILES string of the molecule is CCC(C)(C)C1CCc2nc3ccccc3c(C(=O)OCC(=O)Nc3nc(-c4ccccc4)cs3)c2C1. The number of carbonyl (C=O) groups excluding carboxylic acids is 2. The fraction of sp³-hybridized carbons (Fsp3) is 0.333. The Balaban J connectivity index is 1.34. The molecule has 5 rings (SSSR count). The van der Waals surface area contributed by atoms with Crippen LogP contribution in [-0.2, 0) is 22.4 Å². The molecule has 0 saturated carbocycles. The third kappa shape index (κ3) is 5.27. The van der Waals surface area contributed by atoms with Gasteiger partial charge in [-0.15, -0.1) is 11.3 Å². The maximum Gasteiger partial charge on any atom is 0.339 e. The summed E-state index contributed by atoms with van der Waals surface area (Å²) in [6.07, 6.45) is 3.74. The van der Waals surface area contributed by atoms with E-state index in [1.165, 1.54) is 11.3 Å². The number of nitrogens with zero attached hydrogens (tertiary/aromatic N) is 2. The van der Waals surface area contributed by atoms with Gasteiger partial charge in [-0.3, -0.25) is 15.1 Å². The summed E-state index contributed by atoms with van der Waals surface area (Å²) < 4.78 is 5.57. The normalized spacial score (nSPS) is 15.3. The van der Waals surface area contributed by atoms with Crippen molar-refractivity contribution in [2.45, 2.75) is 46.5 Å². The molecule has 2 heterocycles. The van der Waals surface area contributed by atoms with Gasteiger partial charge in [0.05, 0.1) is 16.8 Å². The van der Waals surface area contributed by atoms with Crippen LogP contribution in [0.15, 0.2) is 60.0 Å². The number of thiazole rings is 1. The Morgan fingerprint density at radius 2 is 1.84 bits per heavy atom. The highest BCUT2D eigenvalue weighted by molar-refractivity contribution is 7.14. The number of carbonyl (C=O) groups is 2. The second-order valence-corrected chi connectivity index (χ2v) is 11.1. The van der Waals surface area contributed by atoms with Crippen LogP contribution in [-0.4, -0.2) is 28.5 Å². The number of esters is 1. The van der Waals surface area contributed by atoms with Crippen LogP contribution in [0.3, 0.4) is 0 Å². The van der Waals surface area contributed by atoms with Gasteiger partial charge in [0.25, 0.3) is 5.91 Å². The maximum absolute atomic E-state index is 13.5. The number of fused-ring (bicyclic) bond motifs is 2. The average Bonchev–Trinajstić information content (AvgIpc) is 3.39. The van der Waals surface area contributed by atoms with Gasteiger partial charge >= 0.3 is 5.97 Å². The van der Waals surface area contributed by atoms with Crippen molar-refractivity contribution in [2.75, 3.05) is 11.9 Å². The molecule has 2 aromatic carbocycles. The Hall–Kier alpha value is -3.58. The highest BCUT2D eigenvalue weighted by Gasteiger charge is 2.34. The Bertz CT molecular complexity index is 1450. The third-order valence-corrected chi connectivity index (χ3v) is 8.39. The molecule has 37 heavy (non-hydrogen) atoms. The summed E-state index contributed by atoms with van der Waals surface area (Å²) in [5.41, 5.74) is 5.19. The van der Waals surface area contributed by atoms with Crippen LogP contribution in [0.25, 0.3) is 22.2 Å². The van der Waals surface area contributed by atoms with Crippen LogP contribution < -0.4 is 5.32 Å². The van der Waals surface area contributed by atoms with E-state index < -0.39 is 11.9 Å². The zero-order chi connectivity index (χ0) is 26.0. The molecule has 0 aliphatic heterocycles. The first kappa shape index (κ1) is 25.1. The predicted octanol–water partition coefficient (Wildman–Crippen LogP) is 6.69. The first-order valence-corrected chi connectivity index (χ1v) is 13.6. The minimum atomic E-state index is -0.482. The van der Waals surface area contributed by atoms with E-state index in [0.717, 1.165) is 59.1 Å². The van der Waals surface area contributed by atoms with Crippen LogP contribution in [0, 0.1) is 11.3 Å². The molecule has 0 spiro atoms. The van der Waals surface area contributed by atoms with Gasteiger partial charge in [0.15, 0.2) is 11.7 Å². The second kappa shape index (κ2) is 10.4. The molecule has 0 fully saturated rings. The monoisotopic (exact) mass is 513 g/mol. The van der Waals surface area contributed by atoms with E-state index in [9.17, 15) is 9.59 Å². The zero-order valence-electron chi connectivity index (χ0n) is 21.4. The van der Waals surface area contributed by atoms with Crippen LogP contribution >= 0.6 is 11.3 Å². The number of amides is 1. The smallest absolute Gasteiger partial charge is 0.339 e. The molecular formula is C30H31N3O3S. The lowest BCUT2D eigenvalue weighted by molar-refractivity contribution is -0.119. The van der Waals surface area contributed by atoms with Gasteiger partial charge in [-0.2, -0.15) is 0 Å². The lowest BCUT2D eigenvalue weighted by Crippen LogP contribution is -2.31. The van der Waals surface area contributed by atoms with Crippen LogP contribution in [0.2, 0.25) is 0 Å². The maximum atomic E-state index is 13.5. The van der Waals surface area contributed by atoms with Gasteiger partial charge < -0.3 is 4.74 Å². The topological polar surface area (TPSA) is 81.2 Å². The molecule has 1 atom stereocenters. The van der Waals surface area contributed by atoms with Crippen molar-refractivity contribution in [1.29, 1.82) is 0 Å². The molecule has 4 aromatic rings. The molecule has 1 aliphatic carbocycles. The largest absolute Gasteiger partial charge is 0.452 e. The van der Waals surface area contributed by atoms with E-state index in [-0.39, 0.29) is 12.0 Å². The van der Waals surface area contributed by atoms with Crippen molar-refractivity contribution in [3.63, 3.8) is 0 Å². The minimum absolute atomic E-state index is 0.163.